The van der Waals surface area contributed by atoms with E-state index in [0.717, 1.165) is 33.3 Å². The highest BCUT2D eigenvalue weighted by atomic mass is 28.3. The molecule has 2 N–H and O–H groups in total. The minimum atomic E-state index is -1.46. The lowest BCUT2D eigenvalue weighted by Crippen LogP contribution is -2.42. The summed E-state index contributed by atoms with van der Waals surface area (Å²) in [4.78, 5) is 21.4. The molecule has 1 atom stereocenters. The van der Waals surface area contributed by atoms with Gasteiger partial charge in [-0.25, -0.2) is 14.8 Å². The van der Waals surface area contributed by atoms with Crippen molar-refractivity contribution < 1.29 is 14.3 Å². The molecule has 0 fully saturated rings. The summed E-state index contributed by atoms with van der Waals surface area (Å²) in [6.45, 7) is 14.3. The van der Waals surface area contributed by atoms with Gasteiger partial charge in [0.25, 0.3) is 0 Å². The van der Waals surface area contributed by atoms with Crippen molar-refractivity contribution in [3.63, 3.8) is 0 Å². The van der Waals surface area contributed by atoms with Crippen LogP contribution in [0.4, 0.5) is 16.4 Å². The average Bonchev–Trinajstić information content (AvgIpc) is 3.31. The van der Waals surface area contributed by atoms with Crippen LogP contribution in [0.5, 0.6) is 5.75 Å². The number of benzene rings is 2. The van der Waals surface area contributed by atoms with Crippen molar-refractivity contribution in [1.29, 1.82) is 0 Å². The summed E-state index contributed by atoms with van der Waals surface area (Å²) in [7, 11) is 0.407. The zero-order valence-electron chi connectivity index (χ0n) is 25.0. The summed E-state index contributed by atoms with van der Waals surface area (Å²) in [5.74, 6) is 4.35. The van der Waals surface area contributed by atoms with Gasteiger partial charge in [-0.2, -0.15) is 5.10 Å². The topological polar surface area (TPSA) is 103 Å². The number of aromatic nitrogens is 4. The van der Waals surface area contributed by atoms with Crippen LogP contribution in [0.1, 0.15) is 33.3 Å². The van der Waals surface area contributed by atoms with Crippen LogP contribution < -0.4 is 15.4 Å². The smallest absolute Gasteiger partial charge is 0.407 e. The molecule has 10 heteroatoms. The molecule has 2 heterocycles. The van der Waals surface area contributed by atoms with Gasteiger partial charge in [-0.3, -0.25) is 4.68 Å². The lowest BCUT2D eigenvalue weighted by atomic mass is 10.1. The molecular formula is C31H38N6O3Si. The third kappa shape index (κ3) is 9.08. The minimum absolute atomic E-state index is 0.183. The van der Waals surface area contributed by atoms with E-state index in [-0.39, 0.29) is 12.1 Å². The maximum absolute atomic E-state index is 12.1. The quantitative estimate of drug-likeness (QED) is 0.199. The molecule has 41 heavy (non-hydrogen) atoms. The zero-order valence-corrected chi connectivity index (χ0v) is 26.0. The number of carbonyl (C=O) groups is 1. The first-order valence-electron chi connectivity index (χ1n) is 13.6. The van der Waals surface area contributed by atoms with E-state index < -0.39 is 20.3 Å². The molecule has 0 saturated heterocycles. The first-order valence-corrected chi connectivity index (χ1v) is 17.1. The van der Waals surface area contributed by atoms with E-state index in [9.17, 15) is 4.79 Å². The van der Waals surface area contributed by atoms with Crippen molar-refractivity contribution in [2.75, 3.05) is 11.9 Å². The van der Waals surface area contributed by atoms with Crippen molar-refractivity contribution in [1.82, 2.24) is 25.1 Å². The van der Waals surface area contributed by atoms with Gasteiger partial charge in [-0.05, 0) is 63.6 Å². The molecule has 1 amide bonds. The molecule has 0 bridgehead atoms. The number of fused-ring (bicyclic) bond motifs is 1. The molecule has 0 saturated carbocycles. The van der Waals surface area contributed by atoms with Crippen LogP contribution in [-0.4, -0.2) is 52.2 Å². The SMILES string of the molecule is C[C@H](COc1cc(Nc2ncc3cc(C#C[Si](C)(C)C)ccc3n2)cc(-c2cnn(C)c2)c1)OC(=O)NC(C)(C)C. The Morgan fingerprint density at radius 2 is 1.88 bits per heavy atom. The van der Waals surface area contributed by atoms with E-state index in [2.05, 4.69) is 51.8 Å². The van der Waals surface area contributed by atoms with Crippen LogP contribution in [0, 0.1) is 11.5 Å². The number of hydrogen-bond donors (Lipinski definition) is 2. The number of nitrogens with zero attached hydrogens (tertiary/aromatic N) is 4. The second-order valence-corrected chi connectivity index (χ2v) is 16.9. The average molecular weight is 571 g/mol. The molecule has 4 aromatic rings. The summed E-state index contributed by atoms with van der Waals surface area (Å²) in [6, 6.07) is 11.8. The number of anilines is 2. The molecule has 0 aliphatic heterocycles. The number of nitrogens with one attached hydrogen (secondary N) is 2. The van der Waals surface area contributed by atoms with Crippen LogP contribution >= 0.6 is 0 Å². The number of aryl methyl sites for hydroxylation is 1. The van der Waals surface area contributed by atoms with Gasteiger partial charge in [0.1, 0.15) is 26.5 Å². The van der Waals surface area contributed by atoms with E-state index in [0.29, 0.717) is 11.7 Å². The Morgan fingerprint density at radius 1 is 1.10 bits per heavy atom. The molecule has 0 unspecified atom stereocenters. The molecule has 0 spiro atoms. The summed E-state index contributed by atoms with van der Waals surface area (Å²) >= 11 is 0. The monoisotopic (exact) mass is 570 g/mol. The Balaban J connectivity index is 1.54. The molecule has 2 aromatic heterocycles. The Bertz CT molecular complexity index is 1610. The van der Waals surface area contributed by atoms with E-state index in [1.807, 2.05) is 70.4 Å². The van der Waals surface area contributed by atoms with Crippen molar-refractivity contribution >= 4 is 36.7 Å². The van der Waals surface area contributed by atoms with Crippen LogP contribution in [-0.2, 0) is 11.8 Å². The molecule has 4 rings (SSSR count). The third-order valence-corrected chi connectivity index (χ3v) is 6.51. The first-order chi connectivity index (χ1) is 19.2. The van der Waals surface area contributed by atoms with Gasteiger partial charge in [0, 0.05) is 53.2 Å². The van der Waals surface area contributed by atoms with Crippen LogP contribution in [0.2, 0.25) is 19.6 Å². The molecule has 9 nitrogen and oxygen atoms in total. The highest BCUT2D eigenvalue weighted by Gasteiger charge is 2.18. The van der Waals surface area contributed by atoms with E-state index >= 15 is 0 Å². The maximum atomic E-state index is 12.1. The zero-order chi connectivity index (χ0) is 29.8. The summed E-state index contributed by atoms with van der Waals surface area (Å²) < 4.78 is 13.2. The second-order valence-electron chi connectivity index (χ2n) is 12.1. The normalized spacial score (nSPS) is 12.3. The Morgan fingerprint density at radius 3 is 2.56 bits per heavy atom. The lowest BCUT2D eigenvalue weighted by Gasteiger charge is -2.22. The fourth-order valence-electron chi connectivity index (χ4n) is 3.82. The van der Waals surface area contributed by atoms with Crippen molar-refractivity contribution in [2.45, 2.75) is 59.0 Å². The summed E-state index contributed by atoms with van der Waals surface area (Å²) in [5.41, 5.74) is 7.38. The second kappa shape index (κ2) is 12.0. The van der Waals surface area contributed by atoms with Gasteiger partial charge in [-0.15, -0.1) is 5.54 Å². The number of ether oxygens (including phenoxy) is 2. The first kappa shape index (κ1) is 29.6. The van der Waals surface area contributed by atoms with E-state index in [4.69, 9.17) is 14.5 Å². The standard InChI is InChI=1S/C31H38N6O3Si/c1-21(40-30(38)36-31(2,3)4)20-39-27-15-23(25-18-33-37(5)19-25)14-26(16-27)34-29-32-17-24-13-22(9-10-28(24)35-29)11-12-41(6,7)8/h9-10,13-19,21H,20H2,1-8H3,(H,36,38)(H,32,34,35)/t21-/m1/s1. The molecular weight excluding hydrogens is 532 g/mol. The molecule has 214 valence electrons. The van der Waals surface area contributed by atoms with E-state index in [1.165, 1.54) is 0 Å². The Hall–Kier alpha value is -4.36. The third-order valence-electron chi connectivity index (χ3n) is 5.63. The summed E-state index contributed by atoms with van der Waals surface area (Å²) in [6.07, 6.45) is 4.58. The van der Waals surface area contributed by atoms with E-state index in [1.54, 1.807) is 24.0 Å². The fourth-order valence-corrected chi connectivity index (χ4v) is 4.34. The Kier molecular flexibility index (Phi) is 8.68. The number of alkyl carbamates (subject to hydrolysis) is 1. The van der Waals surface area contributed by atoms with Gasteiger partial charge in [0.2, 0.25) is 5.95 Å². The number of carbonyl (C=O) groups excluding carboxylic acids is 1. The maximum Gasteiger partial charge on any atom is 0.407 e. The molecule has 2 aromatic carbocycles. The predicted molar refractivity (Wildman–Crippen MR) is 166 cm³/mol. The number of hydrogen-bond acceptors (Lipinski definition) is 7. The molecule has 0 aliphatic carbocycles. The fraction of sp³-hybridized carbons (Fsp3) is 0.355. The summed E-state index contributed by atoms with van der Waals surface area (Å²) in [5, 5.41) is 11.3. The van der Waals surface area contributed by atoms with Crippen LogP contribution in [0.3, 0.4) is 0 Å². The number of amides is 1. The predicted octanol–water partition coefficient (Wildman–Crippen LogP) is 6.29. The van der Waals surface area contributed by atoms with Crippen LogP contribution in [0.15, 0.2) is 55.0 Å². The highest BCUT2D eigenvalue weighted by Crippen LogP contribution is 2.30. The van der Waals surface area contributed by atoms with Crippen molar-refractivity contribution in [3.8, 4) is 28.3 Å². The molecule has 0 radical (unpaired) electrons. The van der Waals surface area contributed by atoms with Gasteiger partial charge >= 0.3 is 6.09 Å². The largest absolute Gasteiger partial charge is 0.490 e. The van der Waals surface area contributed by atoms with Crippen LogP contribution in [0.25, 0.3) is 22.0 Å². The minimum Gasteiger partial charge on any atom is -0.490 e. The van der Waals surface area contributed by atoms with Gasteiger partial charge in [0.15, 0.2) is 0 Å². The van der Waals surface area contributed by atoms with Crippen molar-refractivity contribution in [2.24, 2.45) is 7.05 Å². The lowest BCUT2D eigenvalue weighted by molar-refractivity contribution is 0.0707. The van der Waals surface area contributed by atoms with Gasteiger partial charge in [-0.1, -0.05) is 25.6 Å². The van der Waals surface area contributed by atoms with Crippen molar-refractivity contribution in [3.05, 3.63) is 60.6 Å². The van der Waals surface area contributed by atoms with Gasteiger partial charge < -0.3 is 20.1 Å². The Labute approximate surface area is 242 Å². The van der Waals surface area contributed by atoms with Gasteiger partial charge in [0.05, 0.1) is 11.7 Å². The molecule has 0 aliphatic rings. The highest BCUT2D eigenvalue weighted by molar-refractivity contribution is 6.83. The number of rotatable bonds is 7.